The van der Waals surface area contributed by atoms with Crippen LogP contribution in [0.4, 0.5) is 13.2 Å². The highest BCUT2D eigenvalue weighted by Crippen LogP contribution is 2.32. The largest absolute Gasteiger partial charge is 0.486 e. The van der Waals surface area contributed by atoms with Crippen LogP contribution in [0.1, 0.15) is 31.4 Å². The van der Waals surface area contributed by atoms with Crippen LogP contribution in [0.2, 0.25) is 0 Å². The number of rotatable bonds is 4. The highest BCUT2D eigenvalue weighted by atomic mass is 19.4. The molecule has 1 saturated heterocycles. The fourth-order valence-corrected chi connectivity index (χ4v) is 3.41. The molecule has 5 nitrogen and oxygen atoms in total. The number of nitrogens with zero attached hydrogens (tertiary/aromatic N) is 1. The van der Waals surface area contributed by atoms with Gasteiger partial charge < -0.3 is 14.8 Å². The first-order chi connectivity index (χ1) is 12.3. The average molecular weight is 372 g/mol. The van der Waals surface area contributed by atoms with E-state index in [2.05, 4.69) is 5.32 Å². The van der Waals surface area contributed by atoms with Gasteiger partial charge in [0.15, 0.2) is 11.5 Å². The lowest BCUT2D eigenvalue weighted by Gasteiger charge is -2.33. The molecule has 2 aliphatic rings. The lowest BCUT2D eigenvalue weighted by atomic mass is 9.96. The Labute approximate surface area is 150 Å². The number of ether oxygens (including phenoxy) is 2. The van der Waals surface area contributed by atoms with Crippen molar-refractivity contribution in [2.75, 3.05) is 32.8 Å². The number of piperidine rings is 1. The number of halogens is 3. The van der Waals surface area contributed by atoms with E-state index in [-0.39, 0.29) is 18.5 Å². The van der Waals surface area contributed by atoms with Gasteiger partial charge in [-0.3, -0.25) is 9.69 Å². The molecule has 2 atom stereocenters. The van der Waals surface area contributed by atoms with Crippen LogP contribution >= 0.6 is 0 Å². The molecular weight excluding hydrogens is 349 g/mol. The minimum atomic E-state index is -4.24. The molecule has 2 heterocycles. The molecule has 8 heteroatoms. The Balaban J connectivity index is 1.58. The summed E-state index contributed by atoms with van der Waals surface area (Å²) in [5, 5.41) is 2.91. The van der Waals surface area contributed by atoms with E-state index in [9.17, 15) is 18.0 Å². The van der Waals surface area contributed by atoms with Gasteiger partial charge in [0.2, 0.25) is 5.91 Å². The predicted molar refractivity (Wildman–Crippen MR) is 89.2 cm³/mol. The van der Waals surface area contributed by atoms with E-state index in [0.717, 1.165) is 5.56 Å². The summed E-state index contributed by atoms with van der Waals surface area (Å²) in [5.74, 6) is 0.683. The van der Waals surface area contributed by atoms with Gasteiger partial charge in [0, 0.05) is 6.54 Å². The second-order valence-electron chi connectivity index (χ2n) is 6.82. The third-order valence-corrected chi connectivity index (χ3v) is 4.70. The first-order valence-electron chi connectivity index (χ1n) is 8.81. The third-order valence-electron chi connectivity index (χ3n) is 4.70. The molecule has 26 heavy (non-hydrogen) atoms. The number of alkyl halides is 3. The maximum atomic E-state index is 12.6. The van der Waals surface area contributed by atoms with E-state index >= 15 is 0 Å². The van der Waals surface area contributed by atoms with Crippen molar-refractivity contribution in [3.8, 4) is 11.5 Å². The zero-order chi connectivity index (χ0) is 18.7. The molecule has 3 rings (SSSR count). The van der Waals surface area contributed by atoms with Gasteiger partial charge in [-0.1, -0.05) is 6.07 Å². The minimum Gasteiger partial charge on any atom is -0.486 e. The molecule has 2 aliphatic heterocycles. The fourth-order valence-electron chi connectivity index (χ4n) is 3.41. The monoisotopic (exact) mass is 372 g/mol. The molecule has 0 spiro atoms. The van der Waals surface area contributed by atoms with E-state index in [1.165, 1.54) is 4.90 Å². The number of carbonyl (C=O) groups is 1. The number of hydrogen-bond acceptors (Lipinski definition) is 4. The number of carbonyl (C=O) groups excluding carboxylic acids is 1. The van der Waals surface area contributed by atoms with Crippen molar-refractivity contribution in [1.82, 2.24) is 10.2 Å². The van der Waals surface area contributed by atoms with Crippen molar-refractivity contribution in [3.05, 3.63) is 23.8 Å². The summed E-state index contributed by atoms with van der Waals surface area (Å²) in [5.41, 5.74) is 0.866. The summed E-state index contributed by atoms with van der Waals surface area (Å²) >= 11 is 0. The number of nitrogens with one attached hydrogen (secondary N) is 1. The molecule has 1 amide bonds. The van der Waals surface area contributed by atoms with Crippen molar-refractivity contribution in [3.63, 3.8) is 0 Å². The molecule has 0 saturated carbocycles. The number of likely N-dealkylation sites (tertiary alicyclic amines) is 1. The fraction of sp³-hybridized carbons (Fsp3) is 0.611. The van der Waals surface area contributed by atoms with E-state index in [4.69, 9.17) is 9.47 Å². The molecule has 2 unspecified atom stereocenters. The second kappa shape index (κ2) is 7.73. The van der Waals surface area contributed by atoms with E-state index in [1.807, 2.05) is 19.1 Å². The van der Waals surface area contributed by atoms with Crippen LogP contribution in [0.15, 0.2) is 18.2 Å². The third kappa shape index (κ3) is 4.81. The Morgan fingerprint density at radius 2 is 2.04 bits per heavy atom. The van der Waals surface area contributed by atoms with Crippen molar-refractivity contribution >= 4 is 5.91 Å². The summed E-state index contributed by atoms with van der Waals surface area (Å²) in [6.07, 6.45) is -3.04. The van der Waals surface area contributed by atoms with Gasteiger partial charge >= 0.3 is 6.18 Å². The van der Waals surface area contributed by atoms with Gasteiger partial charge in [-0.2, -0.15) is 13.2 Å². The zero-order valence-corrected chi connectivity index (χ0v) is 14.6. The van der Waals surface area contributed by atoms with Gasteiger partial charge in [0.25, 0.3) is 0 Å². The van der Waals surface area contributed by atoms with E-state index < -0.39 is 18.6 Å². The van der Waals surface area contributed by atoms with Crippen LogP contribution in [0.3, 0.4) is 0 Å². The molecule has 0 aliphatic carbocycles. The topological polar surface area (TPSA) is 50.8 Å². The van der Waals surface area contributed by atoms with Crippen LogP contribution < -0.4 is 14.8 Å². The van der Waals surface area contributed by atoms with Crippen molar-refractivity contribution in [2.45, 2.75) is 32.0 Å². The SMILES string of the molecule is CC(NC(=O)C1CCCN(CC(F)(F)F)C1)c1ccc2c(c1)OCCO2. The quantitative estimate of drug-likeness (QED) is 0.883. The standard InChI is InChI=1S/C18H23F3N2O3/c1-12(13-4-5-15-16(9-13)26-8-7-25-15)22-17(24)14-3-2-6-23(10-14)11-18(19,20)21/h4-5,9,12,14H,2-3,6-8,10-11H2,1H3,(H,22,24). The van der Waals surface area contributed by atoms with Crippen LogP contribution in [-0.2, 0) is 4.79 Å². The molecule has 144 valence electrons. The Hall–Kier alpha value is -1.96. The summed E-state index contributed by atoms with van der Waals surface area (Å²) in [6, 6.07) is 5.22. The normalized spacial score (nSPS) is 21.9. The van der Waals surface area contributed by atoms with Crippen LogP contribution in [0, 0.1) is 5.92 Å². The average Bonchev–Trinajstić information content (AvgIpc) is 2.60. The highest BCUT2D eigenvalue weighted by Gasteiger charge is 2.35. The molecule has 0 aromatic heterocycles. The van der Waals surface area contributed by atoms with E-state index in [0.29, 0.717) is 44.1 Å². The lowest BCUT2D eigenvalue weighted by Crippen LogP contribution is -2.46. The first-order valence-corrected chi connectivity index (χ1v) is 8.81. The van der Waals surface area contributed by atoms with Crippen LogP contribution in [0.5, 0.6) is 11.5 Å². The van der Waals surface area contributed by atoms with Crippen molar-refractivity contribution in [2.24, 2.45) is 5.92 Å². The van der Waals surface area contributed by atoms with Gasteiger partial charge in [-0.05, 0) is 44.0 Å². The molecule has 1 aromatic rings. The Morgan fingerprint density at radius 3 is 2.77 bits per heavy atom. The Morgan fingerprint density at radius 1 is 1.31 bits per heavy atom. The van der Waals surface area contributed by atoms with Gasteiger partial charge in [-0.15, -0.1) is 0 Å². The highest BCUT2D eigenvalue weighted by molar-refractivity contribution is 5.79. The molecule has 0 bridgehead atoms. The number of fused-ring (bicyclic) bond motifs is 1. The smallest absolute Gasteiger partial charge is 0.401 e. The number of hydrogen-bond donors (Lipinski definition) is 1. The second-order valence-corrected chi connectivity index (χ2v) is 6.82. The van der Waals surface area contributed by atoms with Crippen LogP contribution in [-0.4, -0.2) is 49.8 Å². The summed E-state index contributed by atoms with van der Waals surface area (Å²) < 4.78 is 48.7. The van der Waals surface area contributed by atoms with Gasteiger partial charge in [0.05, 0.1) is 18.5 Å². The first kappa shape index (κ1) is 18.8. The van der Waals surface area contributed by atoms with Gasteiger partial charge in [-0.25, -0.2) is 0 Å². The maximum absolute atomic E-state index is 12.6. The molecule has 1 fully saturated rings. The number of benzene rings is 1. The summed E-state index contributed by atoms with van der Waals surface area (Å²) in [6.45, 7) is 2.39. The molecule has 0 radical (unpaired) electrons. The molecule has 1 N–H and O–H groups in total. The predicted octanol–water partition coefficient (Wildman–Crippen LogP) is 2.91. The number of amides is 1. The minimum absolute atomic E-state index is 0.138. The molecular formula is C18H23F3N2O3. The van der Waals surface area contributed by atoms with E-state index in [1.54, 1.807) is 6.07 Å². The lowest BCUT2D eigenvalue weighted by molar-refractivity contribution is -0.152. The van der Waals surface area contributed by atoms with Crippen molar-refractivity contribution in [1.29, 1.82) is 0 Å². The molecule has 1 aromatic carbocycles. The Bertz CT molecular complexity index is 651. The maximum Gasteiger partial charge on any atom is 0.401 e. The zero-order valence-electron chi connectivity index (χ0n) is 14.6. The van der Waals surface area contributed by atoms with Gasteiger partial charge in [0.1, 0.15) is 13.2 Å². The Kier molecular flexibility index (Phi) is 5.60. The van der Waals surface area contributed by atoms with Crippen LogP contribution in [0.25, 0.3) is 0 Å². The summed E-state index contributed by atoms with van der Waals surface area (Å²) in [4.78, 5) is 13.8. The summed E-state index contributed by atoms with van der Waals surface area (Å²) in [7, 11) is 0. The van der Waals surface area contributed by atoms with Crippen molar-refractivity contribution < 1.29 is 27.4 Å².